The van der Waals surface area contributed by atoms with Gasteiger partial charge in [-0.1, -0.05) is 97.1 Å². The van der Waals surface area contributed by atoms with Crippen molar-refractivity contribution < 1.29 is 28.4 Å². The van der Waals surface area contributed by atoms with E-state index in [1.54, 1.807) is 6.08 Å². The minimum atomic E-state index is -0.658. The minimum Gasteiger partial charge on any atom is -0.368 e. The Kier molecular flexibility index (Phi) is 8.56. The van der Waals surface area contributed by atoms with E-state index in [1.165, 1.54) is 0 Å². The van der Waals surface area contributed by atoms with E-state index in [2.05, 4.69) is 6.58 Å². The smallest absolute Gasteiger partial charge is 0.187 e. The molecule has 188 valence electrons. The number of fused-ring (bicyclic) bond motifs is 1. The summed E-state index contributed by atoms with van der Waals surface area (Å²) in [5.41, 5.74) is 3.07. The van der Waals surface area contributed by atoms with Crippen LogP contribution in [0, 0.1) is 0 Å². The standard InChI is InChI=1S/C30H32O6/c1-2-18-31-30-28(33-20-23-14-8-4-9-15-23)27(32-19-22-12-6-3-7-13-22)26-25(35-30)21-34-29(36-26)24-16-10-5-11-17-24/h2-17,25-30H,1,18-21H2/t25-,26-,27+,28-,29-,30?/m1/s1. The van der Waals surface area contributed by atoms with E-state index in [0.29, 0.717) is 26.4 Å². The Hall–Kier alpha value is -2.84. The fourth-order valence-corrected chi connectivity index (χ4v) is 4.52. The number of benzene rings is 3. The highest BCUT2D eigenvalue weighted by atomic mass is 16.8. The molecule has 0 spiro atoms. The van der Waals surface area contributed by atoms with Gasteiger partial charge in [0, 0.05) is 5.56 Å². The van der Waals surface area contributed by atoms with Crippen molar-refractivity contribution >= 4 is 0 Å². The Morgan fingerprint density at radius 2 is 1.31 bits per heavy atom. The number of hydrogen-bond donors (Lipinski definition) is 0. The average molecular weight is 489 g/mol. The maximum Gasteiger partial charge on any atom is 0.187 e. The Labute approximate surface area is 212 Å². The molecule has 0 N–H and O–H groups in total. The van der Waals surface area contributed by atoms with Crippen molar-refractivity contribution in [2.24, 2.45) is 0 Å². The second-order valence-corrected chi connectivity index (χ2v) is 8.86. The number of ether oxygens (including phenoxy) is 6. The highest BCUT2D eigenvalue weighted by Gasteiger charge is 2.51. The first-order valence-corrected chi connectivity index (χ1v) is 12.3. The largest absolute Gasteiger partial charge is 0.368 e. The quantitative estimate of drug-likeness (QED) is 0.366. The van der Waals surface area contributed by atoms with Crippen LogP contribution in [0.1, 0.15) is 23.0 Å². The molecule has 5 rings (SSSR count). The zero-order chi connectivity index (χ0) is 24.6. The molecule has 1 unspecified atom stereocenters. The van der Waals surface area contributed by atoms with Gasteiger partial charge in [0.25, 0.3) is 0 Å². The third-order valence-corrected chi connectivity index (χ3v) is 6.30. The average Bonchev–Trinajstić information content (AvgIpc) is 2.95. The molecule has 2 aliphatic rings. The van der Waals surface area contributed by atoms with E-state index in [4.69, 9.17) is 28.4 Å². The van der Waals surface area contributed by atoms with Gasteiger partial charge in [0.1, 0.15) is 24.4 Å². The van der Waals surface area contributed by atoms with Gasteiger partial charge in [-0.05, 0) is 11.1 Å². The minimum absolute atomic E-state index is 0.326. The maximum atomic E-state index is 6.54. The molecule has 6 heteroatoms. The Balaban J connectivity index is 1.40. The fourth-order valence-electron chi connectivity index (χ4n) is 4.52. The van der Waals surface area contributed by atoms with Gasteiger partial charge in [0.2, 0.25) is 0 Å². The predicted molar refractivity (Wildman–Crippen MR) is 135 cm³/mol. The third-order valence-electron chi connectivity index (χ3n) is 6.30. The van der Waals surface area contributed by atoms with Crippen LogP contribution in [-0.2, 0) is 41.6 Å². The zero-order valence-electron chi connectivity index (χ0n) is 20.2. The molecule has 36 heavy (non-hydrogen) atoms. The SMILES string of the molecule is C=CCOC1O[C@@H]2CO[C@@H](c3ccccc3)O[C@H]2[C@H](OCc2ccccc2)[C@H]1OCc1ccccc1. The molecule has 2 saturated heterocycles. The molecule has 0 radical (unpaired) electrons. The molecule has 0 bridgehead atoms. The van der Waals surface area contributed by atoms with Crippen LogP contribution < -0.4 is 0 Å². The summed E-state index contributed by atoms with van der Waals surface area (Å²) in [6.07, 6.45) is -1.21. The molecule has 2 fully saturated rings. The predicted octanol–water partition coefficient (Wildman–Crippen LogP) is 5.20. The van der Waals surface area contributed by atoms with E-state index in [0.717, 1.165) is 16.7 Å². The third kappa shape index (κ3) is 6.10. The highest BCUT2D eigenvalue weighted by molar-refractivity contribution is 5.17. The van der Waals surface area contributed by atoms with Gasteiger partial charge in [-0.2, -0.15) is 0 Å². The molecule has 0 saturated carbocycles. The summed E-state index contributed by atoms with van der Waals surface area (Å²) in [6, 6.07) is 30.0. The van der Waals surface area contributed by atoms with E-state index in [-0.39, 0.29) is 6.10 Å². The van der Waals surface area contributed by atoms with Crippen molar-refractivity contribution in [1.82, 2.24) is 0 Å². The lowest BCUT2D eigenvalue weighted by atomic mass is 9.97. The molecule has 0 aromatic heterocycles. The Morgan fingerprint density at radius 1 is 0.722 bits per heavy atom. The van der Waals surface area contributed by atoms with Crippen LogP contribution in [0.15, 0.2) is 104 Å². The van der Waals surface area contributed by atoms with Gasteiger partial charge >= 0.3 is 0 Å². The van der Waals surface area contributed by atoms with Crippen LogP contribution in [0.5, 0.6) is 0 Å². The van der Waals surface area contributed by atoms with Gasteiger partial charge in [0.15, 0.2) is 12.6 Å². The lowest BCUT2D eigenvalue weighted by Gasteiger charge is -2.48. The van der Waals surface area contributed by atoms with Crippen LogP contribution >= 0.6 is 0 Å². The second-order valence-electron chi connectivity index (χ2n) is 8.86. The van der Waals surface area contributed by atoms with Crippen molar-refractivity contribution in [3.63, 3.8) is 0 Å². The summed E-state index contributed by atoms with van der Waals surface area (Å²) < 4.78 is 37.9. The van der Waals surface area contributed by atoms with Gasteiger partial charge < -0.3 is 28.4 Å². The zero-order valence-corrected chi connectivity index (χ0v) is 20.2. The van der Waals surface area contributed by atoms with Crippen LogP contribution in [0.25, 0.3) is 0 Å². The first-order valence-electron chi connectivity index (χ1n) is 12.3. The van der Waals surface area contributed by atoms with Crippen LogP contribution in [-0.4, -0.2) is 43.9 Å². The summed E-state index contributed by atoms with van der Waals surface area (Å²) in [7, 11) is 0. The first-order chi connectivity index (χ1) is 17.8. The van der Waals surface area contributed by atoms with Crippen molar-refractivity contribution in [2.75, 3.05) is 13.2 Å². The topological polar surface area (TPSA) is 55.4 Å². The molecule has 2 heterocycles. The van der Waals surface area contributed by atoms with Crippen molar-refractivity contribution in [3.8, 4) is 0 Å². The first kappa shape index (κ1) is 24.8. The summed E-state index contributed by atoms with van der Waals surface area (Å²) in [4.78, 5) is 0. The van der Waals surface area contributed by atoms with Crippen molar-refractivity contribution in [3.05, 3.63) is 120 Å². The van der Waals surface area contributed by atoms with Gasteiger partial charge in [-0.3, -0.25) is 0 Å². The normalized spacial score (nSPS) is 27.8. The Morgan fingerprint density at radius 3 is 1.92 bits per heavy atom. The number of rotatable bonds is 10. The molecule has 6 atom stereocenters. The van der Waals surface area contributed by atoms with Crippen LogP contribution in [0.4, 0.5) is 0 Å². The van der Waals surface area contributed by atoms with Crippen LogP contribution in [0.2, 0.25) is 0 Å². The monoisotopic (exact) mass is 488 g/mol. The summed E-state index contributed by atoms with van der Waals surface area (Å²) in [5.74, 6) is 0. The lowest BCUT2D eigenvalue weighted by molar-refractivity contribution is -0.371. The van der Waals surface area contributed by atoms with Crippen LogP contribution in [0.3, 0.4) is 0 Å². The van der Waals surface area contributed by atoms with E-state index in [9.17, 15) is 0 Å². The molecule has 3 aromatic rings. The summed E-state index contributed by atoms with van der Waals surface area (Å²) in [6.45, 7) is 5.27. The van der Waals surface area contributed by atoms with Gasteiger partial charge in [-0.15, -0.1) is 6.58 Å². The van der Waals surface area contributed by atoms with E-state index in [1.807, 2.05) is 91.0 Å². The van der Waals surface area contributed by atoms with E-state index < -0.39 is 30.9 Å². The van der Waals surface area contributed by atoms with Crippen molar-refractivity contribution in [2.45, 2.75) is 50.2 Å². The number of hydrogen-bond acceptors (Lipinski definition) is 6. The van der Waals surface area contributed by atoms with Gasteiger partial charge in [0.05, 0.1) is 26.4 Å². The summed E-state index contributed by atoms with van der Waals surface area (Å²) >= 11 is 0. The molecule has 3 aromatic carbocycles. The fraction of sp³-hybridized carbons (Fsp3) is 0.333. The highest BCUT2D eigenvalue weighted by Crippen LogP contribution is 2.37. The summed E-state index contributed by atoms with van der Waals surface area (Å²) in [5, 5.41) is 0. The molecular weight excluding hydrogens is 456 g/mol. The molecule has 6 nitrogen and oxygen atoms in total. The molecular formula is C30H32O6. The second kappa shape index (κ2) is 12.4. The van der Waals surface area contributed by atoms with Gasteiger partial charge in [-0.25, -0.2) is 0 Å². The Bertz CT molecular complexity index is 1060. The lowest BCUT2D eigenvalue weighted by Crippen LogP contribution is -2.63. The maximum absolute atomic E-state index is 6.54. The molecule has 0 amide bonds. The van der Waals surface area contributed by atoms with E-state index >= 15 is 0 Å². The molecule has 2 aliphatic heterocycles. The molecule has 0 aliphatic carbocycles. The van der Waals surface area contributed by atoms with Crippen molar-refractivity contribution in [1.29, 1.82) is 0 Å².